The highest BCUT2D eigenvalue weighted by Gasteiger charge is 2.55. The predicted molar refractivity (Wildman–Crippen MR) is 140 cm³/mol. The maximum Gasteiger partial charge on any atom is 0.234 e. The number of nitrogens with two attached hydrogens (primary N) is 1. The van der Waals surface area contributed by atoms with Crippen molar-refractivity contribution in [1.29, 1.82) is 0 Å². The van der Waals surface area contributed by atoms with Crippen molar-refractivity contribution in [3.63, 3.8) is 0 Å². The summed E-state index contributed by atoms with van der Waals surface area (Å²) in [5, 5.41) is 3.72. The first-order valence-electron chi connectivity index (χ1n) is 12.2. The van der Waals surface area contributed by atoms with Gasteiger partial charge < -0.3 is 16.0 Å². The van der Waals surface area contributed by atoms with Crippen LogP contribution in [0.25, 0.3) is 0 Å². The summed E-state index contributed by atoms with van der Waals surface area (Å²) in [6, 6.07) is 5.97. The molecule has 5 rings (SSSR count). The largest absolute Gasteiger partial charge is 0.399 e. The Morgan fingerprint density at radius 3 is 2.80 bits per heavy atom. The molecule has 8 heteroatoms. The molecule has 3 heterocycles. The molecular weight excluding hydrogens is 460 g/mol. The van der Waals surface area contributed by atoms with Gasteiger partial charge in [0, 0.05) is 36.1 Å². The van der Waals surface area contributed by atoms with E-state index in [1.807, 2.05) is 36.1 Å². The van der Waals surface area contributed by atoms with Crippen LogP contribution in [0.4, 0.5) is 11.5 Å². The van der Waals surface area contributed by atoms with Gasteiger partial charge in [-0.25, -0.2) is 9.97 Å². The molecule has 35 heavy (non-hydrogen) atoms. The second-order valence-corrected chi connectivity index (χ2v) is 10.1. The van der Waals surface area contributed by atoms with Crippen molar-refractivity contribution in [2.45, 2.75) is 58.5 Å². The summed E-state index contributed by atoms with van der Waals surface area (Å²) in [5.41, 5.74) is 11.3. The van der Waals surface area contributed by atoms with E-state index < -0.39 is 5.41 Å². The fourth-order valence-corrected chi connectivity index (χ4v) is 5.30. The van der Waals surface area contributed by atoms with E-state index in [2.05, 4.69) is 39.3 Å². The van der Waals surface area contributed by atoms with Crippen LogP contribution in [0, 0.1) is 12.3 Å². The molecule has 3 aliphatic rings. The van der Waals surface area contributed by atoms with Crippen molar-refractivity contribution < 1.29 is 4.79 Å². The molecular formula is C27H31ClN6O. The SMILES string of the molecule is Cc1cc(N)cc([C@@H](C)Nc2nc(Cl)nc3c2CN(C(=O)C2(C4=N/C=C\C=C/CC4)CC2)CC3)c1. The van der Waals surface area contributed by atoms with E-state index in [-0.39, 0.29) is 17.2 Å². The van der Waals surface area contributed by atoms with E-state index in [9.17, 15) is 4.79 Å². The van der Waals surface area contributed by atoms with Gasteiger partial charge >= 0.3 is 0 Å². The molecule has 1 saturated carbocycles. The average Bonchev–Trinajstić information content (AvgIpc) is 3.59. The van der Waals surface area contributed by atoms with Crippen molar-refractivity contribution in [3.05, 3.63) is 70.3 Å². The van der Waals surface area contributed by atoms with Gasteiger partial charge in [-0.2, -0.15) is 0 Å². The third kappa shape index (κ3) is 4.82. The number of carbonyl (C=O) groups excluding carboxylic acids is 1. The molecule has 1 aromatic heterocycles. The van der Waals surface area contributed by atoms with E-state index >= 15 is 0 Å². The van der Waals surface area contributed by atoms with Crippen LogP contribution in [0.1, 0.15) is 61.0 Å². The summed E-state index contributed by atoms with van der Waals surface area (Å²) in [5.74, 6) is 0.839. The monoisotopic (exact) mass is 490 g/mol. The molecule has 0 unspecified atom stereocenters. The topological polar surface area (TPSA) is 96.5 Å². The zero-order chi connectivity index (χ0) is 24.6. The molecule has 1 atom stereocenters. The highest BCUT2D eigenvalue weighted by molar-refractivity contribution is 6.28. The minimum absolute atomic E-state index is 0.0442. The van der Waals surface area contributed by atoms with Crippen molar-refractivity contribution in [3.8, 4) is 0 Å². The Labute approximate surface area is 211 Å². The molecule has 1 aromatic carbocycles. The molecule has 0 bridgehead atoms. The maximum atomic E-state index is 13.8. The Hall–Kier alpha value is -3.19. The lowest BCUT2D eigenvalue weighted by Gasteiger charge is -2.33. The van der Waals surface area contributed by atoms with E-state index in [0.717, 1.165) is 59.5 Å². The molecule has 1 amide bonds. The number of amides is 1. The number of anilines is 2. The van der Waals surface area contributed by atoms with Gasteiger partial charge in [-0.3, -0.25) is 9.79 Å². The van der Waals surface area contributed by atoms with Gasteiger partial charge in [-0.05, 0) is 80.5 Å². The molecule has 2 aromatic rings. The van der Waals surface area contributed by atoms with Crippen LogP contribution in [0.15, 0.2) is 47.6 Å². The second-order valence-electron chi connectivity index (χ2n) is 9.75. The molecule has 7 nitrogen and oxygen atoms in total. The molecule has 0 saturated heterocycles. The number of nitrogens with zero attached hydrogens (tertiary/aromatic N) is 4. The smallest absolute Gasteiger partial charge is 0.234 e. The normalized spacial score (nSPS) is 21.1. The summed E-state index contributed by atoms with van der Waals surface area (Å²) in [4.78, 5) is 29.4. The van der Waals surface area contributed by atoms with Gasteiger partial charge in [0.05, 0.1) is 23.7 Å². The summed E-state index contributed by atoms with van der Waals surface area (Å²) in [7, 11) is 0. The third-order valence-electron chi connectivity index (χ3n) is 7.12. The molecule has 1 fully saturated rings. The quantitative estimate of drug-likeness (QED) is 0.445. The molecule has 1 aliphatic carbocycles. The number of carbonyl (C=O) groups is 1. The number of hydrogen-bond donors (Lipinski definition) is 2. The Bertz CT molecular complexity index is 1230. The zero-order valence-electron chi connectivity index (χ0n) is 20.2. The standard InChI is InChI=1S/C27H31ClN6O/c1-17-13-19(15-20(29)14-17)18(2)31-24-21-16-34(12-8-22(21)32-26(28)33-24)25(35)27(9-10-27)23-7-5-3-4-6-11-30-23/h3-4,6,11,13-15,18H,5,7-10,12,16,29H2,1-2H3,(H,31,32,33)/b4-3-,11-6-,30-23?/t18-/m1/s1. The average molecular weight is 491 g/mol. The molecule has 0 spiro atoms. The number of aromatic nitrogens is 2. The lowest BCUT2D eigenvalue weighted by Crippen LogP contribution is -2.44. The van der Waals surface area contributed by atoms with Crippen LogP contribution in [0.2, 0.25) is 5.28 Å². The first-order valence-corrected chi connectivity index (χ1v) is 12.6. The molecule has 3 N–H and O–H groups in total. The summed E-state index contributed by atoms with van der Waals surface area (Å²) in [6.45, 7) is 5.17. The molecule has 182 valence electrons. The number of nitrogens with one attached hydrogen (secondary N) is 1. The first-order chi connectivity index (χ1) is 16.9. The highest BCUT2D eigenvalue weighted by atomic mass is 35.5. The Morgan fingerprint density at radius 1 is 1.20 bits per heavy atom. The second kappa shape index (κ2) is 9.46. The Morgan fingerprint density at radius 2 is 2.03 bits per heavy atom. The maximum absolute atomic E-state index is 13.8. The number of halogens is 1. The zero-order valence-corrected chi connectivity index (χ0v) is 21.0. The minimum atomic E-state index is -0.458. The van der Waals surface area contributed by atoms with E-state index in [0.29, 0.717) is 25.3 Å². The fraction of sp³-hybridized carbons (Fsp3) is 0.407. The summed E-state index contributed by atoms with van der Waals surface area (Å²) < 4.78 is 0. The summed E-state index contributed by atoms with van der Waals surface area (Å²) >= 11 is 6.28. The van der Waals surface area contributed by atoms with E-state index in [1.165, 1.54) is 0 Å². The number of rotatable bonds is 5. The van der Waals surface area contributed by atoms with Gasteiger partial charge in [0.2, 0.25) is 11.2 Å². The van der Waals surface area contributed by atoms with Crippen LogP contribution in [0.5, 0.6) is 0 Å². The van der Waals surface area contributed by atoms with Crippen LogP contribution >= 0.6 is 11.6 Å². The van der Waals surface area contributed by atoms with E-state index in [4.69, 9.17) is 17.3 Å². The Balaban J connectivity index is 1.39. The number of fused-ring (bicyclic) bond motifs is 1. The fourth-order valence-electron chi connectivity index (χ4n) is 5.12. The van der Waals surface area contributed by atoms with Gasteiger partial charge in [-0.1, -0.05) is 18.2 Å². The summed E-state index contributed by atoms with van der Waals surface area (Å²) in [6.07, 6.45) is 12.0. The number of hydrogen-bond acceptors (Lipinski definition) is 6. The van der Waals surface area contributed by atoms with Crippen molar-refractivity contribution in [1.82, 2.24) is 14.9 Å². The molecule has 2 aliphatic heterocycles. The van der Waals surface area contributed by atoms with Gasteiger partial charge in [0.15, 0.2) is 0 Å². The predicted octanol–water partition coefficient (Wildman–Crippen LogP) is 5.16. The lowest BCUT2D eigenvalue weighted by molar-refractivity contribution is -0.135. The van der Waals surface area contributed by atoms with E-state index in [1.54, 1.807) is 6.20 Å². The van der Waals surface area contributed by atoms with Crippen molar-refractivity contribution in [2.75, 3.05) is 17.6 Å². The van der Waals surface area contributed by atoms with Crippen LogP contribution in [0.3, 0.4) is 0 Å². The number of benzene rings is 1. The Kier molecular flexibility index (Phi) is 6.36. The van der Waals surface area contributed by atoms with Crippen molar-refractivity contribution >= 4 is 34.7 Å². The number of aliphatic imine (C=N–C) groups is 1. The first kappa shape index (κ1) is 23.5. The minimum Gasteiger partial charge on any atom is -0.399 e. The van der Waals surface area contributed by atoms with Gasteiger partial charge in [0.1, 0.15) is 5.82 Å². The number of allylic oxidation sites excluding steroid dienone is 3. The van der Waals surface area contributed by atoms with Crippen LogP contribution in [-0.4, -0.2) is 33.0 Å². The number of nitrogen functional groups attached to an aromatic ring is 1. The van der Waals surface area contributed by atoms with Crippen molar-refractivity contribution in [2.24, 2.45) is 10.4 Å². The highest BCUT2D eigenvalue weighted by Crippen LogP contribution is 2.50. The van der Waals surface area contributed by atoms with Gasteiger partial charge in [0.25, 0.3) is 0 Å². The van der Waals surface area contributed by atoms with Crippen LogP contribution in [-0.2, 0) is 17.8 Å². The van der Waals surface area contributed by atoms with Gasteiger partial charge in [-0.15, -0.1) is 0 Å². The van der Waals surface area contributed by atoms with Crippen LogP contribution < -0.4 is 11.1 Å². The molecule has 0 radical (unpaired) electrons. The lowest BCUT2D eigenvalue weighted by atomic mass is 9.92. The third-order valence-corrected chi connectivity index (χ3v) is 7.29. The number of aryl methyl sites for hydroxylation is 1.